The summed E-state index contributed by atoms with van der Waals surface area (Å²) in [6, 6.07) is 8.03. The number of anilines is 1. The highest BCUT2D eigenvalue weighted by molar-refractivity contribution is 6.08. The second kappa shape index (κ2) is 6.87. The van der Waals surface area contributed by atoms with Gasteiger partial charge in [-0.15, -0.1) is 0 Å². The van der Waals surface area contributed by atoms with Crippen LogP contribution >= 0.6 is 0 Å². The van der Waals surface area contributed by atoms with Crippen molar-refractivity contribution >= 4 is 23.5 Å². The summed E-state index contributed by atoms with van der Waals surface area (Å²) >= 11 is 0. The maximum Gasteiger partial charge on any atom is 0.344 e. The molecule has 4 amide bonds. The van der Waals surface area contributed by atoms with Gasteiger partial charge in [0.2, 0.25) is 5.91 Å². The molecular formula is C20H26N4O3. The summed E-state index contributed by atoms with van der Waals surface area (Å²) < 4.78 is 0. The number of imide groups is 1. The first-order chi connectivity index (χ1) is 13.0. The van der Waals surface area contributed by atoms with Crippen LogP contribution in [0.5, 0.6) is 0 Å². The summed E-state index contributed by atoms with van der Waals surface area (Å²) in [7, 11) is 0. The van der Waals surface area contributed by atoms with E-state index in [0.29, 0.717) is 25.4 Å². The van der Waals surface area contributed by atoms with Crippen LogP contribution in [-0.4, -0.2) is 41.0 Å². The molecule has 2 aliphatic heterocycles. The highest BCUT2D eigenvalue weighted by Gasteiger charge is 2.52. The zero-order valence-electron chi connectivity index (χ0n) is 15.7. The summed E-state index contributed by atoms with van der Waals surface area (Å²) in [4.78, 5) is 39.6. The second-order valence-corrected chi connectivity index (χ2v) is 7.87. The topological polar surface area (TPSA) is 81.8 Å². The van der Waals surface area contributed by atoms with Crippen LogP contribution in [0.3, 0.4) is 0 Å². The van der Waals surface area contributed by atoms with Crippen LogP contribution in [0, 0.1) is 0 Å². The number of fused-ring (bicyclic) bond motifs is 1. The van der Waals surface area contributed by atoms with Gasteiger partial charge in [0.25, 0.3) is 5.91 Å². The molecule has 7 heteroatoms. The number of hydrogen-bond acceptors (Lipinski definition) is 4. The van der Waals surface area contributed by atoms with Crippen molar-refractivity contribution in [1.82, 2.24) is 15.8 Å². The Morgan fingerprint density at radius 1 is 1.22 bits per heavy atom. The molecule has 1 aromatic carbocycles. The van der Waals surface area contributed by atoms with Crippen LogP contribution < -0.4 is 15.6 Å². The summed E-state index contributed by atoms with van der Waals surface area (Å²) in [5, 5.41) is 3.69. The Morgan fingerprint density at radius 3 is 2.74 bits per heavy atom. The van der Waals surface area contributed by atoms with Crippen LogP contribution in [0.1, 0.15) is 51.0 Å². The van der Waals surface area contributed by atoms with Gasteiger partial charge >= 0.3 is 6.03 Å². The van der Waals surface area contributed by atoms with Gasteiger partial charge in [-0.2, -0.15) is 5.01 Å². The minimum absolute atomic E-state index is 0.225. The SMILES string of the molecule is CC1Cc2ccccc2N1CCC(=O)NN1C(=O)NC2(CCCCC2)C1=O. The van der Waals surface area contributed by atoms with E-state index in [-0.39, 0.29) is 18.2 Å². The first-order valence-electron chi connectivity index (χ1n) is 9.81. The van der Waals surface area contributed by atoms with Crippen LogP contribution in [0.2, 0.25) is 0 Å². The summed E-state index contributed by atoms with van der Waals surface area (Å²) in [6.07, 6.45) is 5.39. The standard InChI is InChI=1S/C20H26N4O3/c1-14-13-15-7-3-4-8-16(15)23(14)12-9-17(25)22-24-18(26)20(21-19(24)27)10-5-2-6-11-20/h3-4,7-8,14H,2,5-6,9-13H2,1H3,(H,21,27)(H,22,25). The van der Waals surface area contributed by atoms with E-state index in [1.807, 2.05) is 12.1 Å². The van der Waals surface area contributed by atoms with Gasteiger partial charge in [-0.3, -0.25) is 15.0 Å². The Kier molecular flexibility index (Phi) is 4.53. The second-order valence-electron chi connectivity index (χ2n) is 7.87. The molecule has 144 valence electrons. The fraction of sp³-hybridized carbons (Fsp3) is 0.550. The average Bonchev–Trinajstić information content (AvgIpc) is 3.09. The molecule has 1 aliphatic carbocycles. The molecule has 1 aromatic rings. The number of carbonyl (C=O) groups excluding carboxylic acids is 3. The van der Waals surface area contributed by atoms with Crippen molar-refractivity contribution in [3.8, 4) is 0 Å². The van der Waals surface area contributed by atoms with Gasteiger partial charge in [-0.25, -0.2) is 4.79 Å². The molecule has 27 heavy (non-hydrogen) atoms. The number of hydrazine groups is 1. The molecule has 0 radical (unpaired) electrons. The highest BCUT2D eigenvalue weighted by Crippen LogP contribution is 2.33. The zero-order chi connectivity index (χ0) is 19.0. The third-order valence-corrected chi connectivity index (χ3v) is 6.03. The number of amides is 4. The molecule has 1 atom stereocenters. The number of hydrogen-bond donors (Lipinski definition) is 2. The van der Waals surface area contributed by atoms with Gasteiger partial charge in [-0.1, -0.05) is 37.5 Å². The van der Waals surface area contributed by atoms with Gasteiger partial charge in [0, 0.05) is 24.7 Å². The lowest BCUT2D eigenvalue weighted by atomic mass is 9.82. The van der Waals surface area contributed by atoms with Gasteiger partial charge in [0.15, 0.2) is 0 Å². The van der Waals surface area contributed by atoms with Crippen LogP contribution in [-0.2, 0) is 16.0 Å². The Morgan fingerprint density at radius 2 is 1.96 bits per heavy atom. The lowest BCUT2D eigenvalue weighted by Gasteiger charge is -2.30. The largest absolute Gasteiger partial charge is 0.368 e. The predicted molar refractivity (Wildman–Crippen MR) is 101 cm³/mol. The van der Waals surface area contributed by atoms with Crippen LogP contribution in [0.4, 0.5) is 10.5 Å². The fourth-order valence-corrected chi connectivity index (χ4v) is 4.59. The average molecular weight is 370 g/mol. The summed E-state index contributed by atoms with van der Waals surface area (Å²) in [5.74, 6) is -0.636. The normalized spacial score (nSPS) is 23.5. The molecular weight excluding hydrogens is 344 g/mol. The fourth-order valence-electron chi connectivity index (χ4n) is 4.59. The molecule has 0 aromatic heterocycles. The van der Waals surface area contributed by atoms with Gasteiger partial charge in [0.1, 0.15) is 5.54 Å². The Bertz CT molecular complexity index is 772. The van der Waals surface area contributed by atoms with Crippen LogP contribution in [0.15, 0.2) is 24.3 Å². The predicted octanol–water partition coefficient (Wildman–Crippen LogP) is 2.11. The van der Waals surface area contributed by atoms with Gasteiger partial charge < -0.3 is 10.2 Å². The van der Waals surface area contributed by atoms with E-state index in [2.05, 4.69) is 34.7 Å². The first-order valence-corrected chi connectivity index (χ1v) is 9.81. The Labute approximate surface area is 159 Å². The molecule has 1 unspecified atom stereocenters. The van der Waals surface area contributed by atoms with E-state index in [0.717, 1.165) is 36.4 Å². The number of carbonyl (C=O) groups is 3. The molecule has 1 saturated heterocycles. The van der Waals surface area contributed by atoms with E-state index in [1.165, 1.54) is 5.56 Å². The Balaban J connectivity index is 1.36. The third-order valence-electron chi connectivity index (χ3n) is 6.03. The van der Waals surface area contributed by atoms with Crippen molar-refractivity contribution in [3.05, 3.63) is 29.8 Å². The van der Waals surface area contributed by atoms with Crippen molar-refractivity contribution < 1.29 is 14.4 Å². The van der Waals surface area contributed by atoms with Crippen molar-refractivity contribution in [2.75, 3.05) is 11.4 Å². The number of benzene rings is 1. The zero-order valence-corrected chi connectivity index (χ0v) is 15.7. The van der Waals surface area contributed by atoms with Gasteiger partial charge in [0.05, 0.1) is 0 Å². The number of rotatable bonds is 4. The number of urea groups is 1. The summed E-state index contributed by atoms with van der Waals surface area (Å²) in [6.45, 7) is 2.70. The monoisotopic (exact) mass is 370 g/mol. The molecule has 1 spiro atoms. The summed E-state index contributed by atoms with van der Waals surface area (Å²) in [5.41, 5.74) is 4.16. The highest BCUT2D eigenvalue weighted by atomic mass is 16.2. The molecule has 2 N–H and O–H groups in total. The van der Waals surface area contributed by atoms with Crippen molar-refractivity contribution in [3.63, 3.8) is 0 Å². The molecule has 7 nitrogen and oxygen atoms in total. The molecule has 1 saturated carbocycles. The van der Waals surface area contributed by atoms with Crippen LogP contribution in [0.25, 0.3) is 0 Å². The minimum atomic E-state index is -0.814. The van der Waals surface area contributed by atoms with E-state index < -0.39 is 11.6 Å². The first kappa shape index (κ1) is 17.8. The number of nitrogens with zero attached hydrogens (tertiary/aromatic N) is 2. The van der Waals surface area contributed by atoms with Crippen molar-refractivity contribution in [2.24, 2.45) is 0 Å². The van der Waals surface area contributed by atoms with E-state index in [4.69, 9.17) is 0 Å². The smallest absolute Gasteiger partial charge is 0.344 e. The Hall–Kier alpha value is -2.57. The number of nitrogens with one attached hydrogen (secondary N) is 2. The third kappa shape index (κ3) is 3.15. The molecule has 2 heterocycles. The van der Waals surface area contributed by atoms with E-state index in [1.54, 1.807) is 0 Å². The molecule has 4 rings (SSSR count). The van der Waals surface area contributed by atoms with Crippen molar-refractivity contribution in [2.45, 2.75) is 63.5 Å². The lowest BCUT2D eigenvalue weighted by Crippen LogP contribution is -2.51. The lowest BCUT2D eigenvalue weighted by molar-refractivity contribution is -0.139. The van der Waals surface area contributed by atoms with Crippen molar-refractivity contribution in [1.29, 1.82) is 0 Å². The molecule has 0 bridgehead atoms. The van der Waals surface area contributed by atoms with Gasteiger partial charge in [-0.05, 0) is 37.8 Å². The minimum Gasteiger partial charge on any atom is -0.368 e. The quantitative estimate of drug-likeness (QED) is 0.796. The molecule has 2 fully saturated rings. The molecule has 3 aliphatic rings. The maximum atomic E-state index is 12.7. The van der Waals surface area contributed by atoms with E-state index >= 15 is 0 Å². The maximum absolute atomic E-state index is 12.7. The number of para-hydroxylation sites is 1. The van der Waals surface area contributed by atoms with E-state index in [9.17, 15) is 14.4 Å².